The van der Waals surface area contributed by atoms with Gasteiger partial charge in [-0.2, -0.15) is 0 Å². The fraction of sp³-hybridized carbons (Fsp3) is 0.375. The van der Waals surface area contributed by atoms with E-state index in [1.165, 1.54) is 17.5 Å². The van der Waals surface area contributed by atoms with Crippen molar-refractivity contribution >= 4 is 0 Å². The van der Waals surface area contributed by atoms with E-state index < -0.39 is 0 Å². The summed E-state index contributed by atoms with van der Waals surface area (Å²) in [6, 6.07) is 8.72. The van der Waals surface area contributed by atoms with Crippen molar-refractivity contribution in [3.05, 3.63) is 59.7 Å². The Bertz CT molecular complexity index is 529. The number of rotatable bonds is 4. The topological polar surface area (TPSA) is 63.8 Å². The molecule has 0 bridgehead atoms. The number of nitrogens with zero attached hydrogens (tertiary/aromatic N) is 2. The molecule has 0 aliphatic rings. The SMILES string of the molecule is CC(C)(C)c1ccc(CC(NN)c2cncnc2)cc1. The molecule has 0 aliphatic carbocycles. The molecular formula is C16H22N4. The molecule has 4 nitrogen and oxygen atoms in total. The van der Waals surface area contributed by atoms with Gasteiger partial charge in [-0.1, -0.05) is 45.0 Å². The molecule has 106 valence electrons. The van der Waals surface area contributed by atoms with Crippen molar-refractivity contribution in [3.63, 3.8) is 0 Å². The van der Waals surface area contributed by atoms with Crippen LogP contribution in [-0.2, 0) is 11.8 Å². The Morgan fingerprint density at radius 2 is 1.70 bits per heavy atom. The van der Waals surface area contributed by atoms with Crippen molar-refractivity contribution in [1.82, 2.24) is 15.4 Å². The lowest BCUT2D eigenvalue weighted by Crippen LogP contribution is -2.29. The maximum atomic E-state index is 5.65. The van der Waals surface area contributed by atoms with Crippen LogP contribution in [0.1, 0.15) is 43.5 Å². The predicted octanol–water partition coefficient (Wildman–Crippen LogP) is 2.52. The molecule has 4 heteroatoms. The number of nitrogens with two attached hydrogens (primary N) is 1. The third-order valence-corrected chi connectivity index (χ3v) is 3.44. The summed E-state index contributed by atoms with van der Waals surface area (Å²) in [5.74, 6) is 5.65. The summed E-state index contributed by atoms with van der Waals surface area (Å²) in [5.41, 5.74) is 6.58. The van der Waals surface area contributed by atoms with Gasteiger partial charge in [-0.3, -0.25) is 11.3 Å². The van der Waals surface area contributed by atoms with Crippen LogP contribution in [0.2, 0.25) is 0 Å². The zero-order valence-corrected chi connectivity index (χ0v) is 12.3. The number of benzene rings is 1. The molecule has 0 amide bonds. The van der Waals surface area contributed by atoms with Crippen LogP contribution in [-0.4, -0.2) is 9.97 Å². The number of hydrogen-bond donors (Lipinski definition) is 2. The molecule has 1 aromatic carbocycles. The molecular weight excluding hydrogens is 248 g/mol. The van der Waals surface area contributed by atoms with Gasteiger partial charge in [0.25, 0.3) is 0 Å². The van der Waals surface area contributed by atoms with E-state index >= 15 is 0 Å². The Morgan fingerprint density at radius 3 is 2.20 bits per heavy atom. The summed E-state index contributed by atoms with van der Waals surface area (Å²) in [4.78, 5) is 8.07. The van der Waals surface area contributed by atoms with Crippen LogP contribution in [0.5, 0.6) is 0 Å². The second kappa shape index (κ2) is 6.11. The van der Waals surface area contributed by atoms with E-state index in [9.17, 15) is 0 Å². The minimum Gasteiger partial charge on any atom is -0.271 e. The molecule has 20 heavy (non-hydrogen) atoms. The molecule has 1 aromatic heterocycles. The van der Waals surface area contributed by atoms with Crippen molar-refractivity contribution in [1.29, 1.82) is 0 Å². The van der Waals surface area contributed by atoms with Gasteiger partial charge < -0.3 is 0 Å². The lowest BCUT2D eigenvalue weighted by atomic mass is 9.86. The first kappa shape index (κ1) is 14.6. The van der Waals surface area contributed by atoms with Crippen LogP contribution in [0.25, 0.3) is 0 Å². The van der Waals surface area contributed by atoms with E-state index in [1.54, 1.807) is 12.4 Å². The Hall–Kier alpha value is -1.78. The molecule has 3 N–H and O–H groups in total. The summed E-state index contributed by atoms with van der Waals surface area (Å²) in [6.45, 7) is 6.65. The van der Waals surface area contributed by atoms with Crippen LogP contribution in [0.15, 0.2) is 43.0 Å². The van der Waals surface area contributed by atoms with Crippen LogP contribution in [0.4, 0.5) is 0 Å². The molecule has 1 unspecified atom stereocenters. The summed E-state index contributed by atoms with van der Waals surface area (Å²) >= 11 is 0. The Morgan fingerprint density at radius 1 is 1.10 bits per heavy atom. The van der Waals surface area contributed by atoms with Gasteiger partial charge in [-0.25, -0.2) is 9.97 Å². The highest BCUT2D eigenvalue weighted by atomic mass is 15.2. The second-order valence-electron chi connectivity index (χ2n) is 6.04. The second-order valence-corrected chi connectivity index (χ2v) is 6.04. The van der Waals surface area contributed by atoms with Gasteiger partial charge in [0.2, 0.25) is 0 Å². The molecule has 1 atom stereocenters. The Balaban J connectivity index is 2.13. The van der Waals surface area contributed by atoms with Crippen LogP contribution >= 0.6 is 0 Å². The van der Waals surface area contributed by atoms with Gasteiger partial charge in [0.15, 0.2) is 0 Å². The molecule has 0 radical (unpaired) electrons. The van der Waals surface area contributed by atoms with Crippen molar-refractivity contribution in [2.24, 2.45) is 5.84 Å². The minimum absolute atomic E-state index is 0.0247. The van der Waals surface area contributed by atoms with Crippen molar-refractivity contribution in [2.75, 3.05) is 0 Å². The lowest BCUT2D eigenvalue weighted by molar-refractivity contribution is 0.547. The first-order valence-electron chi connectivity index (χ1n) is 6.81. The fourth-order valence-electron chi connectivity index (χ4n) is 2.14. The van der Waals surface area contributed by atoms with Gasteiger partial charge in [0.05, 0.1) is 6.04 Å². The van der Waals surface area contributed by atoms with Gasteiger partial charge in [0, 0.05) is 18.0 Å². The summed E-state index contributed by atoms with van der Waals surface area (Å²) < 4.78 is 0. The third kappa shape index (κ3) is 3.62. The Kier molecular flexibility index (Phi) is 4.47. The molecule has 0 aliphatic heterocycles. The van der Waals surface area contributed by atoms with Crippen LogP contribution in [0, 0.1) is 0 Å². The van der Waals surface area contributed by atoms with Crippen LogP contribution < -0.4 is 11.3 Å². The van der Waals surface area contributed by atoms with E-state index in [-0.39, 0.29) is 11.5 Å². The summed E-state index contributed by atoms with van der Waals surface area (Å²) in [5, 5.41) is 0. The van der Waals surface area contributed by atoms with Gasteiger partial charge in [-0.15, -0.1) is 0 Å². The third-order valence-electron chi connectivity index (χ3n) is 3.44. The largest absolute Gasteiger partial charge is 0.271 e. The number of nitrogens with one attached hydrogen (secondary N) is 1. The molecule has 0 spiro atoms. The molecule has 2 aromatic rings. The van der Waals surface area contributed by atoms with Crippen molar-refractivity contribution < 1.29 is 0 Å². The smallest absolute Gasteiger partial charge is 0.115 e. The zero-order valence-electron chi connectivity index (χ0n) is 12.3. The van der Waals surface area contributed by atoms with Crippen molar-refractivity contribution in [2.45, 2.75) is 38.6 Å². The zero-order chi connectivity index (χ0) is 14.6. The molecule has 0 saturated heterocycles. The maximum absolute atomic E-state index is 5.65. The first-order chi connectivity index (χ1) is 9.50. The Labute approximate surface area is 120 Å². The highest BCUT2D eigenvalue weighted by Gasteiger charge is 2.14. The molecule has 1 heterocycles. The average molecular weight is 270 g/mol. The van der Waals surface area contributed by atoms with E-state index in [0.717, 1.165) is 12.0 Å². The van der Waals surface area contributed by atoms with E-state index in [4.69, 9.17) is 5.84 Å². The highest BCUT2D eigenvalue weighted by Crippen LogP contribution is 2.23. The van der Waals surface area contributed by atoms with E-state index in [2.05, 4.69) is 60.4 Å². The number of hydrogen-bond acceptors (Lipinski definition) is 4. The van der Waals surface area contributed by atoms with Gasteiger partial charge in [0.1, 0.15) is 6.33 Å². The summed E-state index contributed by atoms with van der Waals surface area (Å²) in [6.07, 6.45) is 5.92. The average Bonchev–Trinajstić information content (AvgIpc) is 2.45. The molecule has 0 saturated carbocycles. The highest BCUT2D eigenvalue weighted by molar-refractivity contribution is 5.28. The quantitative estimate of drug-likeness (QED) is 0.662. The number of aromatic nitrogens is 2. The van der Waals surface area contributed by atoms with Crippen molar-refractivity contribution in [3.8, 4) is 0 Å². The summed E-state index contributed by atoms with van der Waals surface area (Å²) in [7, 11) is 0. The maximum Gasteiger partial charge on any atom is 0.115 e. The van der Waals surface area contributed by atoms with E-state index in [1.807, 2.05) is 0 Å². The standard InChI is InChI=1S/C16H22N4/c1-16(2,3)14-6-4-12(5-7-14)8-15(20-17)13-9-18-11-19-10-13/h4-7,9-11,15,20H,8,17H2,1-3H3. The monoisotopic (exact) mass is 270 g/mol. The number of hydrazine groups is 1. The van der Waals surface area contributed by atoms with E-state index in [0.29, 0.717) is 0 Å². The fourth-order valence-corrected chi connectivity index (χ4v) is 2.14. The first-order valence-corrected chi connectivity index (χ1v) is 6.81. The van der Waals surface area contributed by atoms with Crippen LogP contribution in [0.3, 0.4) is 0 Å². The molecule has 0 fully saturated rings. The normalized spacial score (nSPS) is 13.2. The van der Waals surface area contributed by atoms with Gasteiger partial charge in [-0.05, 0) is 23.0 Å². The predicted molar refractivity (Wildman–Crippen MR) is 80.9 cm³/mol. The molecule has 2 rings (SSSR count). The minimum atomic E-state index is 0.0247. The van der Waals surface area contributed by atoms with Gasteiger partial charge >= 0.3 is 0 Å². The lowest BCUT2D eigenvalue weighted by Gasteiger charge is -2.20.